The van der Waals surface area contributed by atoms with Crippen LogP contribution in [0.4, 0.5) is 10.5 Å². The van der Waals surface area contributed by atoms with Gasteiger partial charge in [-0.1, -0.05) is 57.6 Å². The number of hydrogen-bond donors (Lipinski definition) is 2. The average molecular weight is 302 g/mol. The summed E-state index contributed by atoms with van der Waals surface area (Å²) in [5.41, 5.74) is 2.21. The first kappa shape index (κ1) is 16.9. The molecule has 2 rings (SSSR count). The normalized spacial score (nSPS) is 15.5. The zero-order valence-corrected chi connectivity index (χ0v) is 13.9. The molecule has 22 heavy (non-hydrogen) atoms. The van der Waals surface area contributed by atoms with Crippen LogP contribution in [0.25, 0.3) is 0 Å². The zero-order chi connectivity index (χ0) is 15.6. The highest BCUT2D eigenvalue weighted by Gasteiger charge is 2.13. The molecule has 0 radical (unpaired) electrons. The van der Waals surface area contributed by atoms with E-state index >= 15 is 0 Å². The number of rotatable bonds is 7. The number of carbonyl (C=O) groups is 1. The van der Waals surface area contributed by atoms with Crippen LogP contribution >= 0.6 is 0 Å². The van der Waals surface area contributed by atoms with Gasteiger partial charge in [-0.15, -0.1) is 0 Å². The largest absolute Gasteiger partial charge is 0.338 e. The van der Waals surface area contributed by atoms with Crippen LogP contribution in [-0.2, 0) is 6.42 Å². The predicted molar refractivity (Wildman–Crippen MR) is 93.3 cm³/mol. The highest BCUT2D eigenvalue weighted by Crippen LogP contribution is 2.25. The third kappa shape index (κ3) is 6.08. The van der Waals surface area contributed by atoms with E-state index in [1.807, 2.05) is 12.1 Å². The topological polar surface area (TPSA) is 41.1 Å². The van der Waals surface area contributed by atoms with Gasteiger partial charge in [-0.05, 0) is 42.9 Å². The van der Waals surface area contributed by atoms with Crippen LogP contribution in [0.15, 0.2) is 24.3 Å². The zero-order valence-electron chi connectivity index (χ0n) is 13.9. The number of hydrogen-bond acceptors (Lipinski definition) is 1. The summed E-state index contributed by atoms with van der Waals surface area (Å²) in [4.78, 5) is 11.9. The molecule has 1 aromatic rings. The Morgan fingerprint density at radius 2 is 1.86 bits per heavy atom. The number of unbranched alkanes of at least 4 members (excludes halogenated alkanes) is 1. The van der Waals surface area contributed by atoms with Crippen molar-refractivity contribution >= 4 is 11.7 Å². The van der Waals surface area contributed by atoms with Crippen molar-refractivity contribution < 1.29 is 4.79 Å². The Hall–Kier alpha value is -1.51. The maximum absolute atomic E-state index is 11.9. The molecule has 3 nitrogen and oxygen atoms in total. The second kappa shape index (κ2) is 9.50. The molecule has 2 amide bonds. The van der Waals surface area contributed by atoms with Crippen molar-refractivity contribution in [3.63, 3.8) is 0 Å². The van der Waals surface area contributed by atoms with E-state index in [0.29, 0.717) is 0 Å². The van der Waals surface area contributed by atoms with E-state index in [0.717, 1.165) is 31.0 Å². The van der Waals surface area contributed by atoms with Crippen LogP contribution in [0.2, 0.25) is 0 Å². The van der Waals surface area contributed by atoms with Gasteiger partial charge in [0.1, 0.15) is 0 Å². The van der Waals surface area contributed by atoms with Crippen LogP contribution in [0, 0.1) is 5.92 Å². The first-order valence-corrected chi connectivity index (χ1v) is 8.91. The third-order valence-electron chi connectivity index (χ3n) is 4.59. The number of urea groups is 1. The summed E-state index contributed by atoms with van der Waals surface area (Å²) in [6.07, 6.45) is 11.4. The summed E-state index contributed by atoms with van der Waals surface area (Å²) in [7, 11) is 0. The monoisotopic (exact) mass is 302 g/mol. The Morgan fingerprint density at radius 3 is 2.55 bits per heavy atom. The predicted octanol–water partition coefficient (Wildman–Crippen LogP) is 5.12. The summed E-state index contributed by atoms with van der Waals surface area (Å²) in [5.74, 6) is 0.812. The molecule has 3 heteroatoms. The second-order valence-electron chi connectivity index (χ2n) is 6.47. The van der Waals surface area contributed by atoms with Gasteiger partial charge in [0.2, 0.25) is 0 Å². The van der Waals surface area contributed by atoms with Gasteiger partial charge < -0.3 is 10.6 Å². The molecule has 0 aliphatic heterocycles. The van der Waals surface area contributed by atoms with Gasteiger partial charge in [0.05, 0.1) is 0 Å². The number of benzene rings is 1. The summed E-state index contributed by atoms with van der Waals surface area (Å²) in [5, 5.41) is 5.89. The molecule has 122 valence electrons. The van der Waals surface area contributed by atoms with Crippen LogP contribution in [-0.4, -0.2) is 12.6 Å². The van der Waals surface area contributed by atoms with Gasteiger partial charge in [-0.25, -0.2) is 4.79 Å². The summed E-state index contributed by atoms with van der Waals surface area (Å²) in [6.45, 7) is 2.98. The standard InChI is InChI=1S/C19H30N2O/c1-2-3-7-17-10-12-18(13-11-17)21-19(22)20-15-14-16-8-5-4-6-9-16/h10-13,16H,2-9,14-15H2,1H3,(H2,20,21,22). The first-order chi connectivity index (χ1) is 10.8. The van der Waals surface area contributed by atoms with Crippen molar-refractivity contribution in [3.05, 3.63) is 29.8 Å². The SMILES string of the molecule is CCCCc1ccc(NC(=O)NCCC2CCCCC2)cc1. The maximum atomic E-state index is 11.9. The van der Waals surface area contributed by atoms with Crippen molar-refractivity contribution in [2.75, 3.05) is 11.9 Å². The molecule has 0 unspecified atom stereocenters. The lowest BCUT2D eigenvalue weighted by atomic mass is 9.87. The fourth-order valence-corrected chi connectivity index (χ4v) is 3.18. The summed E-state index contributed by atoms with van der Waals surface area (Å²) in [6, 6.07) is 8.11. The number of amides is 2. The van der Waals surface area contributed by atoms with Crippen molar-refractivity contribution in [2.45, 2.75) is 64.7 Å². The van der Waals surface area contributed by atoms with Crippen LogP contribution in [0.5, 0.6) is 0 Å². The summed E-state index contributed by atoms with van der Waals surface area (Å²) >= 11 is 0. The molecular formula is C19H30N2O. The maximum Gasteiger partial charge on any atom is 0.319 e. The minimum absolute atomic E-state index is 0.0860. The van der Waals surface area contributed by atoms with Crippen molar-refractivity contribution in [1.29, 1.82) is 0 Å². The lowest BCUT2D eigenvalue weighted by Gasteiger charge is -2.21. The van der Waals surface area contributed by atoms with Gasteiger partial charge in [0.15, 0.2) is 0 Å². The van der Waals surface area contributed by atoms with Gasteiger partial charge in [0.25, 0.3) is 0 Å². The molecule has 1 fully saturated rings. The highest BCUT2D eigenvalue weighted by molar-refractivity contribution is 5.89. The number of anilines is 1. The third-order valence-corrected chi connectivity index (χ3v) is 4.59. The van der Waals surface area contributed by atoms with Crippen LogP contribution in [0.1, 0.15) is 63.9 Å². The molecule has 0 atom stereocenters. The Morgan fingerprint density at radius 1 is 1.14 bits per heavy atom. The quantitative estimate of drug-likeness (QED) is 0.721. The van der Waals surface area contributed by atoms with Crippen molar-refractivity contribution in [2.24, 2.45) is 5.92 Å². The lowest BCUT2D eigenvalue weighted by molar-refractivity contribution is 0.250. The number of carbonyl (C=O) groups excluding carboxylic acids is 1. The molecule has 2 N–H and O–H groups in total. The van der Waals surface area contributed by atoms with E-state index < -0.39 is 0 Å². The molecule has 1 aliphatic rings. The van der Waals surface area contributed by atoms with Gasteiger partial charge in [0, 0.05) is 12.2 Å². The van der Waals surface area contributed by atoms with Gasteiger partial charge in [-0.3, -0.25) is 0 Å². The average Bonchev–Trinajstić information content (AvgIpc) is 2.55. The Labute approximate surface area is 134 Å². The van der Waals surface area contributed by atoms with Crippen LogP contribution < -0.4 is 10.6 Å². The van der Waals surface area contributed by atoms with Crippen molar-refractivity contribution in [1.82, 2.24) is 5.32 Å². The van der Waals surface area contributed by atoms with E-state index in [1.54, 1.807) is 0 Å². The Kier molecular flexibility index (Phi) is 7.27. The second-order valence-corrected chi connectivity index (χ2v) is 6.47. The number of nitrogens with one attached hydrogen (secondary N) is 2. The minimum atomic E-state index is -0.0860. The molecule has 1 aliphatic carbocycles. The van der Waals surface area contributed by atoms with Crippen LogP contribution in [0.3, 0.4) is 0 Å². The molecule has 1 aromatic carbocycles. The summed E-state index contributed by atoms with van der Waals surface area (Å²) < 4.78 is 0. The molecule has 1 saturated carbocycles. The van der Waals surface area contributed by atoms with E-state index in [2.05, 4.69) is 29.7 Å². The van der Waals surface area contributed by atoms with Gasteiger partial charge >= 0.3 is 6.03 Å². The molecule has 0 heterocycles. The molecule has 0 aromatic heterocycles. The smallest absolute Gasteiger partial charge is 0.319 e. The van der Waals surface area contributed by atoms with Gasteiger partial charge in [-0.2, -0.15) is 0 Å². The Bertz CT molecular complexity index is 435. The highest BCUT2D eigenvalue weighted by atomic mass is 16.2. The fourth-order valence-electron chi connectivity index (χ4n) is 3.18. The molecule has 0 spiro atoms. The van der Waals surface area contributed by atoms with Crippen molar-refractivity contribution in [3.8, 4) is 0 Å². The first-order valence-electron chi connectivity index (χ1n) is 8.91. The minimum Gasteiger partial charge on any atom is -0.338 e. The number of aryl methyl sites for hydroxylation is 1. The fraction of sp³-hybridized carbons (Fsp3) is 0.632. The molecule has 0 bridgehead atoms. The Balaban J connectivity index is 1.65. The molecule has 0 saturated heterocycles. The lowest BCUT2D eigenvalue weighted by Crippen LogP contribution is -2.30. The van der Waals surface area contributed by atoms with E-state index in [4.69, 9.17) is 0 Å². The van der Waals surface area contributed by atoms with E-state index in [9.17, 15) is 4.79 Å². The van der Waals surface area contributed by atoms with E-state index in [1.165, 1.54) is 50.5 Å². The van der Waals surface area contributed by atoms with E-state index in [-0.39, 0.29) is 6.03 Å². The molecular weight excluding hydrogens is 272 g/mol.